The first-order chi connectivity index (χ1) is 21.2. The maximum absolute atomic E-state index is 14.7. The quantitative estimate of drug-likeness (QED) is 0.329. The Labute approximate surface area is 258 Å². The Hall–Kier alpha value is -3.66. The monoisotopic (exact) mass is 599 g/mol. The number of methoxy groups -OCH3 is 2. The molecule has 7 atom stereocenters. The van der Waals surface area contributed by atoms with Crippen LogP contribution in [-0.4, -0.2) is 91.2 Å². The molecule has 0 aromatic heterocycles. The van der Waals surface area contributed by atoms with Crippen LogP contribution in [0.15, 0.2) is 60.7 Å². The van der Waals surface area contributed by atoms with Gasteiger partial charge in [0.05, 0.1) is 20.3 Å². The topological polar surface area (TPSA) is 112 Å². The number of esters is 1. The summed E-state index contributed by atoms with van der Waals surface area (Å²) in [6, 6.07) is 12.0. The van der Waals surface area contributed by atoms with Crippen LogP contribution in [0.25, 0.3) is 5.57 Å². The van der Waals surface area contributed by atoms with Crippen LogP contribution in [0.5, 0.6) is 5.75 Å². The predicted octanol–water partition coefficient (Wildman–Crippen LogP) is 2.59. The van der Waals surface area contributed by atoms with Crippen molar-refractivity contribution >= 4 is 23.1 Å². The fourth-order valence-electron chi connectivity index (χ4n) is 9.58. The summed E-state index contributed by atoms with van der Waals surface area (Å²) in [7, 11) is 4.79. The third-order valence-electron chi connectivity index (χ3n) is 11.4. The van der Waals surface area contributed by atoms with E-state index >= 15 is 0 Å². The molecule has 5 aliphatic rings. The number of amides is 1. The van der Waals surface area contributed by atoms with Crippen LogP contribution in [0, 0.1) is 5.41 Å². The number of aliphatic hydroxyl groups excluding tert-OH is 1. The van der Waals surface area contributed by atoms with Gasteiger partial charge in [-0.15, -0.1) is 0 Å². The van der Waals surface area contributed by atoms with Crippen molar-refractivity contribution < 1.29 is 29.3 Å². The lowest BCUT2D eigenvalue weighted by Crippen LogP contribution is -2.82. The molecule has 232 valence electrons. The van der Waals surface area contributed by atoms with Gasteiger partial charge in [-0.05, 0) is 54.1 Å². The maximum Gasteiger partial charge on any atom is 0.328 e. The summed E-state index contributed by atoms with van der Waals surface area (Å²) in [4.78, 5) is 32.2. The zero-order chi connectivity index (χ0) is 31.0. The van der Waals surface area contributed by atoms with E-state index in [2.05, 4.69) is 34.5 Å². The number of allylic oxidation sites excluding steroid dienone is 1. The molecule has 9 nitrogen and oxygen atoms in total. The number of ether oxygens (including phenoxy) is 2. The maximum atomic E-state index is 14.7. The lowest BCUT2D eigenvalue weighted by Gasteiger charge is -2.63. The second-order valence-corrected chi connectivity index (χ2v) is 13.0. The van der Waals surface area contributed by atoms with E-state index < -0.39 is 46.5 Å². The highest BCUT2D eigenvalue weighted by atomic mass is 16.5. The number of carbonyl (C=O) groups excluding carboxylic acids is 2. The Morgan fingerprint density at radius 1 is 1.16 bits per heavy atom. The first-order valence-corrected chi connectivity index (χ1v) is 15.6. The smallest absolute Gasteiger partial charge is 0.328 e. The molecule has 0 bridgehead atoms. The van der Waals surface area contributed by atoms with Gasteiger partial charge >= 0.3 is 5.97 Å². The average Bonchev–Trinajstić information content (AvgIpc) is 3.72. The molecule has 2 aromatic carbocycles. The number of nitrogens with one attached hydrogen (secondary N) is 1. The third kappa shape index (κ3) is 3.63. The number of anilines is 1. The largest absolute Gasteiger partial charge is 0.497 e. The highest BCUT2D eigenvalue weighted by molar-refractivity contribution is 5.94. The summed E-state index contributed by atoms with van der Waals surface area (Å²) in [5, 5.41) is 28.3. The molecule has 1 amide bonds. The minimum atomic E-state index is -2.26. The van der Waals surface area contributed by atoms with Crippen LogP contribution in [0.4, 0.5) is 5.69 Å². The zero-order valence-electron chi connectivity index (χ0n) is 25.7. The molecule has 1 saturated carbocycles. The Bertz CT molecular complexity index is 1590. The molecule has 1 saturated heterocycles. The van der Waals surface area contributed by atoms with E-state index in [9.17, 15) is 19.8 Å². The Balaban J connectivity index is 1.33. The Kier molecular flexibility index (Phi) is 6.73. The minimum absolute atomic E-state index is 0.133. The van der Waals surface area contributed by atoms with E-state index in [1.54, 1.807) is 7.11 Å². The molecule has 44 heavy (non-hydrogen) atoms. The van der Waals surface area contributed by atoms with Gasteiger partial charge in [0.15, 0.2) is 5.60 Å². The summed E-state index contributed by atoms with van der Waals surface area (Å²) in [6.45, 7) is 3.53. The van der Waals surface area contributed by atoms with Gasteiger partial charge < -0.3 is 29.9 Å². The standard InChI is InChI=1S/C35H41N3O6/c1-5-33-15-8-17-38-18-16-34(29(33)38)25-14-13-23(43-3)20-27(25)37(2)30(34)35(42,31(33)40)32(41)36-26(28(39)44-4)19-22-12-11-21-9-6-7-10-24(21)22/h6-10,12-15,20,26,29-31,40,42H,5,11,16-19H2,1-4H3,(H,36,41)/t26?,29-,30+,31-,33+,34+,35+/m1/s1. The molecule has 9 heteroatoms. The van der Waals surface area contributed by atoms with Gasteiger partial charge in [-0.25, -0.2) is 4.79 Å². The molecule has 7 rings (SSSR count). The van der Waals surface area contributed by atoms with Crippen LogP contribution >= 0.6 is 0 Å². The van der Waals surface area contributed by atoms with Crippen molar-refractivity contribution in [1.29, 1.82) is 0 Å². The number of fused-ring (bicyclic) bond motifs is 2. The summed E-state index contributed by atoms with van der Waals surface area (Å²) < 4.78 is 10.7. The van der Waals surface area contributed by atoms with Crippen molar-refractivity contribution in [1.82, 2.24) is 10.2 Å². The molecule has 2 aliphatic carbocycles. The normalized spacial score (nSPS) is 33.5. The number of carbonyl (C=O) groups is 2. The van der Waals surface area contributed by atoms with Crippen LogP contribution in [0.1, 0.15) is 42.9 Å². The molecule has 3 aliphatic heterocycles. The van der Waals surface area contributed by atoms with E-state index in [-0.39, 0.29) is 12.5 Å². The highest BCUT2D eigenvalue weighted by Gasteiger charge is 2.78. The number of hydrogen-bond acceptors (Lipinski definition) is 8. The van der Waals surface area contributed by atoms with Gasteiger partial charge in [-0.1, -0.05) is 55.5 Å². The SMILES string of the molecule is CC[C@@]12C=CCN3CC[C@]4(c5ccc(OC)cc5N(C)[C@@H]4[C@@](O)(C(=O)NC(CC4=CCc5ccccc54)C(=O)OC)[C@@H]1O)[C@H]32. The fourth-order valence-corrected chi connectivity index (χ4v) is 9.58. The van der Waals surface area contributed by atoms with Crippen molar-refractivity contribution in [2.24, 2.45) is 5.41 Å². The molecular weight excluding hydrogens is 558 g/mol. The molecule has 1 unspecified atom stereocenters. The number of rotatable bonds is 7. The van der Waals surface area contributed by atoms with Crippen molar-refractivity contribution in [3.63, 3.8) is 0 Å². The first-order valence-electron chi connectivity index (χ1n) is 15.6. The molecular formula is C35H41N3O6. The minimum Gasteiger partial charge on any atom is -0.497 e. The van der Waals surface area contributed by atoms with E-state index in [0.717, 1.165) is 47.5 Å². The molecule has 3 heterocycles. The van der Waals surface area contributed by atoms with Crippen molar-refractivity contribution in [2.45, 2.75) is 67.9 Å². The number of nitrogens with zero attached hydrogens (tertiary/aromatic N) is 2. The van der Waals surface area contributed by atoms with Crippen molar-refractivity contribution in [3.8, 4) is 5.75 Å². The van der Waals surface area contributed by atoms with E-state index in [1.165, 1.54) is 7.11 Å². The number of hydrogen-bond donors (Lipinski definition) is 3. The average molecular weight is 600 g/mol. The summed E-state index contributed by atoms with van der Waals surface area (Å²) in [5.41, 5.74) is 1.23. The number of benzene rings is 2. The van der Waals surface area contributed by atoms with Crippen molar-refractivity contribution in [2.75, 3.05) is 39.3 Å². The lowest BCUT2D eigenvalue weighted by atomic mass is 9.47. The van der Waals surface area contributed by atoms with E-state index in [0.29, 0.717) is 18.6 Å². The molecule has 2 fully saturated rings. The Morgan fingerprint density at radius 2 is 1.95 bits per heavy atom. The molecule has 0 radical (unpaired) electrons. The third-order valence-corrected chi connectivity index (χ3v) is 11.4. The van der Waals surface area contributed by atoms with Crippen LogP contribution < -0.4 is 15.0 Å². The molecule has 2 aromatic rings. The van der Waals surface area contributed by atoms with Crippen LogP contribution in [-0.2, 0) is 26.2 Å². The second-order valence-electron chi connectivity index (χ2n) is 13.0. The van der Waals surface area contributed by atoms with Gasteiger partial charge in [-0.3, -0.25) is 9.69 Å². The van der Waals surface area contributed by atoms with Gasteiger partial charge in [0, 0.05) is 48.6 Å². The Morgan fingerprint density at radius 3 is 2.70 bits per heavy atom. The first kappa shape index (κ1) is 29.1. The summed E-state index contributed by atoms with van der Waals surface area (Å²) in [5.74, 6) is -0.699. The van der Waals surface area contributed by atoms with E-state index in [4.69, 9.17) is 9.47 Å². The van der Waals surface area contributed by atoms with Gasteiger partial charge in [0.25, 0.3) is 5.91 Å². The molecule has 3 N–H and O–H groups in total. The van der Waals surface area contributed by atoms with Crippen molar-refractivity contribution in [3.05, 3.63) is 77.4 Å². The second kappa shape index (κ2) is 10.2. The highest BCUT2D eigenvalue weighted by Crippen LogP contribution is 2.66. The lowest BCUT2D eigenvalue weighted by molar-refractivity contribution is -0.204. The fraction of sp³-hybridized carbons (Fsp3) is 0.486. The van der Waals surface area contributed by atoms with Crippen LogP contribution in [0.2, 0.25) is 0 Å². The zero-order valence-corrected chi connectivity index (χ0v) is 25.7. The van der Waals surface area contributed by atoms with Gasteiger partial charge in [0.2, 0.25) is 0 Å². The summed E-state index contributed by atoms with van der Waals surface area (Å²) in [6.07, 6.45) is 6.89. The van der Waals surface area contributed by atoms with E-state index in [1.807, 2.05) is 55.3 Å². The predicted molar refractivity (Wildman–Crippen MR) is 166 cm³/mol. The number of aliphatic hydroxyl groups is 2. The summed E-state index contributed by atoms with van der Waals surface area (Å²) >= 11 is 0. The van der Waals surface area contributed by atoms with Crippen LogP contribution in [0.3, 0.4) is 0 Å². The van der Waals surface area contributed by atoms with Gasteiger partial charge in [0.1, 0.15) is 17.9 Å². The number of likely N-dealkylation sites (N-methyl/N-ethyl adjacent to an activating group) is 1. The molecule has 1 spiro atoms. The van der Waals surface area contributed by atoms with Gasteiger partial charge in [-0.2, -0.15) is 0 Å².